The molecule has 2 aromatic carbocycles. The minimum atomic E-state index is -0.933. The molecule has 12 nitrogen and oxygen atoms in total. The van der Waals surface area contributed by atoms with Crippen LogP contribution in [0.2, 0.25) is 0 Å². The zero-order valence-electron chi connectivity index (χ0n) is 16.9. The van der Waals surface area contributed by atoms with Gasteiger partial charge in [0.1, 0.15) is 17.5 Å². The molecule has 2 heterocycles. The highest BCUT2D eigenvalue weighted by Gasteiger charge is 2.39. The first-order valence-corrected chi connectivity index (χ1v) is 9.25. The number of non-ortho nitro benzene ring substituents is 1. The third kappa shape index (κ3) is 3.53. The second kappa shape index (κ2) is 8.26. The summed E-state index contributed by atoms with van der Waals surface area (Å²) in [6.07, 6.45) is 0. The van der Waals surface area contributed by atoms with Crippen molar-refractivity contribution < 1.29 is 24.0 Å². The third-order valence-corrected chi connectivity index (χ3v) is 4.88. The molecule has 4 rings (SSSR count). The molecule has 0 radical (unpaired) electrons. The van der Waals surface area contributed by atoms with Crippen LogP contribution in [-0.4, -0.2) is 51.1 Å². The number of carbonyl (C=O) groups excluding carboxylic acids is 2. The lowest BCUT2D eigenvalue weighted by molar-refractivity contribution is -0.384. The number of nitro benzene ring substituents is 1. The summed E-state index contributed by atoms with van der Waals surface area (Å²) < 4.78 is 11.5. The molecule has 0 saturated heterocycles. The van der Waals surface area contributed by atoms with E-state index in [1.807, 2.05) is 0 Å². The van der Waals surface area contributed by atoms with E-state index >= 15 is 0 Å². The molecule has 0 fully saturated rings. The smallest absolute Gasteiger partial charge is 0.355 e. The van der Waals surface area contributed by atoms with Crippen LogP contribution in [0.4, 0.5) is 11.6 Å². The number of nitrogens with one attached hydrogen (secondary N) is 1. The Bertz CT molecular complexity index is 1270. The standard InChI is InChI=1S/C20H16N6O6/c1-31-14-8-4-5-11(10-14)17-15(18(27)12-6-3-7-13(9-12)26(29)30)16(19(28)32-2)21-20-22-23-24-25(17)20/h3-10,17H,1-2H3,(H,21,22,24)/t17-/m0/s1. The topological polar surface area (TPSA) is 151 Å². The van der Waals surface area contributed by atoms with Gasteiger partial charge in [0, 0.05) is 17.7 Å². The Balaban J connectivity index is 1.95. The van der Waals surface area contributed by atoms with Crippen molar-refractivity contribution in [2.75, 3.05) is 19.5 Å². The molecule has 3 aromatic rings. The Morgan fingerprint density at radius 3 is 2.66 bits per heavy atom. The molecule has 0 saturated carbocycles. The van der Waals surface area contributed by atoms with Crippen LogP contribution in [0.5, 0.6) is 5.75 Å². The zero-order chi connectivity index (χ0) is 22.8. The summed E-state index contributed by atoms with van der Waals surface area (Å²) >= 11 is 0. The highest BCUT2D eigenvalue weighted by molar-refractivity contribution is 6.15. The minimum absolute atomic E-state index is 0.0156. The molecule has 0 bridgehead atoms. The molecular formula is C20H16N6O6. The lowest BCUT2D eigenvalue weighted by atomic mass is 9.89. The van der Waals surface area contributed by atoms with E-state index in [0.717, 1.165) is 6.07 Å². The number of ether oxygens (including phenoxy) is 2. The third-order valence-electron chi connectivity index (χ3n) is 4.88. The van der Waals surface area contributed by atoms with E-state index in [1.54, 1.807) is 24.3 Å². The predicted octanol–water partition coefficient (Wildman–Crippen LogP) is 1.91. The molecule has 1 aliphatic heterocycles. The van der Waals surface area contributed by atoms with E-state index in [4.69, 9.17) is 9.47 Å². The van der Waals surface area contributed by atoms with E-state index in [1.165, 1.54) is 37.1 Å². The zero-order valence-corrected chi connectivity index (χ0v) is 16.9. The summed E-state index contributed by atoms with van der Waals surface area (Å²) in [6.45, 7) is 0. The first kappa shape index (κ1) is 20.7. The van der Waals surface area contributed by atoms with E-state index in [-0.39, 0.29) is 28.5 Å². The lowest BCUT2D eigenvalue weighted by Crippen LogP contribution is -2.33. The van der Waals surface area contributed by atoms with E-state index in [0.29, 0.717) is 11.3 Å². The number of tetrazole rings is 1. The number of hydrogen-bond donors (Lipinski definition) is 1. The monoisotopic (exact) mass is 436 g/mol. The summed E-state index contributed by atoms with van der Waals surface area (Å²) in [5.74, 6) is -0.817. The van der Waals surface area contributed by atoms with Crippen LogP contribution in [0.15, 0.2) is 59.8 Å². The van der Waals surface area contributed by atoms with Gasteiger partial charge in [0.2, 0.25) is 5.95 Å². The summed E-state index contributed by atoms with van der Waals surface area (Å²) in [4.78, 5) is 36.8. The molecule has 1 atom stereocenters. The Labute approximate surface area is 180 Å². The van der Waals surface area contributed by atoms with Crippen LogP contribution in [0.1, 0.15) is 22.0 Å². The molecule has 32 heavy (non-hydrogen) atoms. The molecule has 1 aliphatic rings. The fraction of sp³-hybridized carbons (Fsp3) is 0.150. The fourth-order valence-electron chi connectivity index (χ4n) is 3.42. The Morgan fingerprint density at radius 1 is 1.16 bits per heavy atom. The number of allylic oxidation sites excluding steroid dienone is 1. The fourth-order valence-corrected chi connectivity index (χ4v) is 3.42. The second-order valence-electron chi connectivity index (χ2n) is 6.67. The van der Waals surface area contributed by atoms with E-state index in [2.05, 4.69) is 20.8 Å². The summed E-state index contributed by atoms with van der Waals surface area (Å²) in [5, 5.41) is 25.4. The highest BCUT2D eigenvalue weighted by Crippen LogP contribution is 2.37. The van der Waals surface area contributed by atoms with E-state index in [9.17, 15) is 19.7 Å². The summed E-state index contributed by atoms with van der Waals surface area (Å²) in [7, 11) is 2.67. The second-order valence-corrected chi connectivity index (χ2v) is 6.67. The number of carbonyl (C=O) groups is 2. The average Bonchev–Trinajstić information content (AvgIpc) is 3.30. The van der Waals surface area contributed by atoms with Gasteiger partial charge in [0.15, 0.2) is 5.78 Å². The summed E-state index contributed by atoms with van der Waals surface area (Å²) in [6, 6.07) is 11.1. The van der Waals surface area contributed by atoms with Gasteiger partial charge >= 0.3 is 5.97 Å². The van der Waals surface area contributed by atoms with Gasteiger partial charge in [-0.05, 0) is 28.1 Å². The van der Waals surface area contributed by atoms with Crippen molar-refractivity contribution >= 4 is 23.4 Å². The van der Waals surface area contributed by atoms with Gasteiger partial charge < -0.3 is 14.8 Å². The lowest BCUT2D eigenvalue weighted by Gasteiger charge is -2.28. The maximum absolute atomic E-state index is 13.6. The summed E-state index contributed by atoms with van der Waals surface area (Å²) in [5.41, 5.74) is 0.0989. The van der Waals surface area contributed by atoms with Crippen molar-refractivity contribution in [1.82, 2.24) is 20.2 Å². The first-order chi connectivity index (χ1) is 15.4. The molecular weight excluding hydrogens is 420 g/mol. The number of Topliss-reactive ketones (excluding diaryl/α,β-unsaturated/α-hetero) is 1. The van der Waals surface area contributed by atoms with Gasteiger partial charge in [0.25, 0.3) is 5.69 Å². The van der Waals surface area contributed by atoms with Gasteiger partial charge in [-0.1, -0.05) is 29.4 Å². The first-order valence-electron chi connectivity index (χ1n) is 9.25. The number of hydrogen-bond acceptors (Lipinski definition) is 10. The van der Waals surface area contributed by atoms with Crippen LogP contribution in [0, 0.1) is 10.1 Å². The van der Waals surface area contributed by atoms with Crippen LogP contribution in [0.25, 0.3) is 0 Å². The molecule has 0 aliphatic carbocycles. The maximum atomic E-state index is 13.6. The average molecular weight is 436 g/mol. The van der Waals surface area contributed by atoms with Crippen molar-refractivity contribution in [3.63, 3.8) is 0 Å². The number of benzene rings is 2. The molecule has 0 amide bonds. The SMILES string of the molecule is COC(=O)C1=C(C(=O)c2cccc([N+](=O)[O-])c2)[C@H](c2cccc(OC)c2)n2nnnc2N1. The van der Waals surface area contributed by atoms with E-state index < -0.39 is 22.7 Å². The van der Waals surface area contributed by atoms with Gasteiger partial charge in [0.05, 0.1) is 24.7 Å². The van der Waals surface area contributed by atoms with Crippen LogP contribution in [0.3, 0.4) is 0 Å². The van der Waals surface area contributed by atoms with Crippen molar-refractivity contribution in [3.05, 3.63) is 81.0 Å². The number of esters is 1. The Morgan fingerprint density at radius 2 is 1.94 bits per heavy atom. The number of fused-ring (bicyclic) bond motifs is 1. The number of rotatable bonds is 6. The Kier molecular flexibility index (Phi) is 5.33. The molecule has 0 spiro atoms. The normalized spacial score (nSPS) is 14.9. The highest BCUT2D eigenvalue weighted by atomic mass is 16.6. The quantitative estimate of drug-likeness (QED) is 0.262. The van der Waals surface area contributed by atoms with Crippen molar-refractivity contribution in [3.8, 4) is 5.75 Å². The largest absolute Gasteiger partial charge is 0.497 e. The van der Waals surface area contributed by atoms with Crippen LogP contribution >= 0.6 is 0 Å². The van der Waals surface area contributed by atoms with Crippen LogP contribution < -0.4 is 10.1 Å². The van der Waals surface area contributed by atoms with Crippen molar-refractivity contribution in [2.45, 2.75) is 6.04 Å². The Hall–Kier alpha value is -4.61. The predicted molar refractivity (Wildman–Crippen MR) is 109 cm³/mol. The van der Waals surface area contributed by atoms with Gasteiger partial charge in [-0.25, -0.2) is 4.79 Å². The molecule has 1 aromatic heterocycles. The van der Waals surface area contributed by atoms with Gasteiger partial charge in [-0.15, -0.1) is 0 Å². The molecule has 162 valence electrons. The maximum Gasteiger partial charge on any atom is 0.355 e. The van der Waals surface area contributed by atoms with Crippen LogP contribution in [-0.2, 0) is 9.53 Å². The van der Waals surface area contributed by atoms with Gasteiger partial charge in [-0.3, -0.25) is 14.9 Å². The number of nitrogens with zero attached hydrogens (tertiary/aromatic N) is 5. The molecule has 12 heteroatoms. The number of anilines is 1. The molecule has 1 N–H and O–H groups in total. The number of aromatic nitrogens is 4. The van der Waals surface area contributed by atoms with Crippen molar-refractivity contribution in [2.24, 2.45) is 0 Å². The number of methoxy groups -OCH3 is 2. The molecule has 0 unspecified atom stereocenters. The number of ketones is 1. The van der Waals surface area contributed by atoms with Crippen molar-refractivity contribution in [1.29, 1.82) is 0 Å². The number of nitro groups is 1. The van der Waals surface area contributed by atoms with Gasteiger partial charge in [-0.2, -0.15) is 4.68 Å². The minimum Gasteiger partial charge on any atom is -0.497 e.